The number of pyridine rings is 1. The van der Waals surface area contributed by atoms with Gasteiger partial charge in [0, 0.05) is 47.2 Å². The number of benzene rings is 3. The van der Waals surface area contributed by atoms with E-state index >= 15 is 0 Å². The summed E-state index contributed by atoms with van der Waals surface area (Å²) in [6.45, 7) is 13.5. The molecule has 0 aliphatic carbocycles. The van der Waals surface area contributed by atoms with Crippen molar-refractivity contribution in [1.29, 1.82) is 0 Å². The van der Waals surface area contributed by atoms with Gasteiger partial charge in [0.05, 0.1) is 5.69 Å². The van der Waals surface area contributed by atoms with Gasteiger partial charge < -0.3 is 4.42 Å². The number of para-hydroxylation sites is 1. The summed E-state index contributed by atoms with van der Waals surface area (Å²) in [5, 5.41) is 1.75. The van der Waals surface area contributed by atoms with Crippen LogP contribution in [0.1, 0.15) is 98.9 Å². The summed E-state index contributed by atoms with van der Waals surface area (Å²) in [4.78, 5) is 19.1. The maximum atomic E-state index is 8.39. The highest BCUT2D eigenvalue weighted by Crippen LogP contribution is 2.39. The molecule has 0 saturated heterocycles. The van der Waals surface area contributed by atoms with Gasteiger partial charge in [0.15, 0.2) is 5.82 Å². The molecule has 230 valence electrons. The summed E-state index contributed by atoms with van der Waals surface area (Å²) in [7, 11) is 0. The summed E-state index contributed by atoms with van der Waals surface area (Å²) >= 11 is 0. The second-order valence-corrected chi connectivity index (χ2v) is 14.9. The van der Waals surface area contributed by atoms with Crippen molar-refractivity contribution in [2.75, 3.05) is 0 Å². The third-order valence-electron chi connectivity index (χ3n) is 8.09. The summed E-state index contributed by atoms with van der Waals surface area (Å²) in [5.41, 5.74) is 3.77. The molecule has 0 atom stereocenters. The van der Waals surface area contributed by atoms with Gasteiger partial charge >= 0.3 is 0 Å². The maximum absolute atomic E-state index is 8.39. The van der Waals surface area contributed by atoms with Crippen LogP contribution < -0.4 is 0 Å². The zero-order chi connectivity index (χ0) is 37.5. The Morgan fingerprint density at radius 3 is 1.98 bits per heavy atom. The molecule has 0 aliphatic heterocycles. The first-order valence-electron chi connectivity index (χ1n) is 18.3. The molecule has 5 nitrogen and oxygen atoms in total. The Labute approximate surface area is 275 Å². The molecule has 45 heavy (non-hydrogen) atoms. The summed E-state index contributed by atoms with van der Waals surface area (Å²) < 4.78 is 56.7. The number of hydrogen-bond donors (Lipinski definition) is 0. The first-order chi connectivity index (χ1) is 23.4. The molecule has 5 heteroatoms. The second-order valence-electron chi connectivity index (χ2n) is 14.9. The molecule has 3 aromatic heterocycles. The lowest BCUT2D eigenvalue weighted by molar-refractivity contribution is 0.497. The lowest BCUT2D eigenvalue weighted by Crippen LogP contribution is -2.24. The normalized spacial score (nSPS) is 15.3. The van der Waals surface area contributed by atoms with Crippen LogP contribution in [0.5, 0.6) is 0 Å². The Morgan fingerprint density at radius 1 is 0.622 bits per heavy atom. The largest absolute Gasteiger partial charge is 0.455 e. The molecule has 0 radical (unpaired) electrons. The SMILES string of the molecule is [2H]C([2H])([2H])c1cnc(-c2cccc3c2oc2cc(-c4nc(C(C)(C)C)nc(C(C)(C)C)n4)ccc23)cc1-c1ccc(C(C)(C)C)cc1C([2H])([2H])[2H]. The Balaban J connectivity index is 1.54. The molecule has 0 saturated carbocycles. The van der Waals surface area contributed by atoms with E-state index in [4.69, 9.17) is 27.6 Å². The molecular formula is C40H44N4O. The van der Waals surface area contributed by atoms with E-state index in [2.05, 4.69) is 46.5 Å². The van der Waals surface area contributed by atoms with E-state index in [0.29, 0.717) is 51.0 Å². The molecule has 0 amide bonds. The maximum Gasteiger partial charge on any atom is 0.163 e. The van der Waals surface area contributed by atoms with Crippen LogP contribution >= 0.6 is 0 Å². The van der Waals surface area contributed by atoms with Gasteiger partial charge in [0.25, 0.3) is 0 Å². The van der Waals surface area contributed by atoms with Crippen LogP contribution in [-0.2, 0) is 16.2 Å². The van der Waals surface area contributed by atoms with Gasteiger partial charge in [0.2, 0.25) is 0 Å². The van der Waals surface area contributed by atoms with Gasteiger partial charge in [-0.15, -0.1) is 0 Å². The first kappa shape index (κ1) is 23.9. The minimum Gasteiger partial charge on any atom is -0.455 e. The fourth-order valence-electron chi connectivity index (χ4n) is 5.39. The van der Waals surface area contributed by atoms with Gasteiger partial charge in [-0.05, 0) is 71.2 Å². The minimum atomic E-state index is -2.54. The van der Waals surface area contributed by atoms with Crippen LogP contribution in [-0.4, -0.2) is 19.9 Å². The molecule has 0 fully saturated rings. The van der Waals surface area contributed by atoms with Crippen LogP contribution in [0.4, 0.5) is 0 Å². The van der Waals surface area contributed by atoms with Crippen molar-refractivity contribution < 1.29 is 12.6 Å². The van der Waals surface area contributed by atoms with E-state index in [0.717, 1.165) is 21.9 Å². The van der Waals surface area contributed by atoms with E-state index < -0.39 is 13.7 Å². The fraction of sp³-hybridized carbons (Fsp3) is 0.350. The summed E-state index contributed by atoms with van der Waals surface area (Å²) in [6.07, 6.45) is 1.33. The number of hydrogen-bond acceptors (Lipinski definition) is 5. The number of fused-ring (bicyclic) bond motifs is 3. The van der Waals surface area contributed by atoms with Crippen LogP contribution in [0.25, 0.3) is 55.7 Å². The van der Waals surface area contributed by atoms with Crippen molar-refractivity contribution in [2.24, 2.45) is 0 Å². The Kier molecular flexibility index (Phi) is 5.64. The van der Waals surface area contributed by atoms with Crippen molar-refractivity contribution >= 4 is 21.9 Å². The van der Waals surface area contributed by atoms with Crippen molar-refractivity contribution in [3.8, 4) is 33.8 Å². The highest BCUT2D eigenvalue weighted by molar-refractivity contribution is 6.10. The number of aromatic nitrogens is 4. The molecule has 0 aliphatic rings. The number of nitrogens with zero attached hydrogens (tertiary/aromatic N) is 4. The van der Waals surface area contributed by atoms with Gasteiger partial charge in [-0.3, -0.25) is 4.98 Å². The van der Waals surface area contributed by atoms with Gasteiger partial charge in [-0.2, -0.15) is 0 Å². The van der Waals surface area contributed by atoms with Gasteiger partial charge in [-0.25, -0.2) is 15.0 Å². The number of furan rings is 1. The van der Waals surface area contributed by atoms with Gasteiger partial charge in [0.1, 0.15) is 22.8 Å². The average molecular weight is 603 g/mol. The highest BCUT2D eigenvalue weighted by atomic mass is 16.3. The lowest BCUT2D eigenvalue weighted by Gasteiger charge is -2.22. The van der Waals surface area contributed by atoms with E-state index in [1.165, 1.54) is 6.20 Å². The van der Waals surface area contributed by atoms with E-state index in [1.807, 2.05) is 63.2 Å². The molecule has 6 rings (SSSR count). The third-order valence-corrected chi connectivity index (χ3v) is 8.09. The number of rotatable bonds is 3. The second kappa shape index (κ2) is 10.6. The van der Waals surface area contributed by atoms with Crippen molar-refractivity contribution in [2.45, 2.75) is 92.3 Å². The number of aryl methyl sites for hydroxylation is 2. The molecule has 3 heterocycles. The highest BCUT2D eigenvalue weighted by Gasteiger charge is 2.26. The molecule has 0 N–H and O–H groups in total. The minimum absolute atomic E-state index is 0.0247. The van der Waals surface area contributed by atoms with Gasteiger partial charge in [-0.1, -0.05) is 98.7 Å². The van der Waals surface area contributed by atoms with Crippen LogP contribution in [0, 0.1) is 13.7 Å². The molecule has 0 unspecified atom stereocenters. The standard InChI is InChI=1S/C40H44N4O/c1-23-19-26(38(3,4)5)16-18-27(23)31-21-32(41-22-24(31)2)30-14-12-13-29-28-17-15-25(20-33(28)45-34(29)30)35-42-36(39(6,7)8)44-37(43-35)40(9,10)11/h12-22H,1-11H3/i1D3,2D3. The molecular weight excluding hydrogens is 552 g/mol. The van der Waals surface area contributed by atoms with Crippen molar-refractivity contribution in [3.05, 3.63) is 95.2 Å². The quantitative estimate of drug-likeness (QED) is 0.202. The van der Waals surface area contributed by atoms with Crippen LogP contribution in [0.3, 0.4) is 0 Å². The van der Waals surface area contributed by atoms with Crippen molar-refractivity contribution in [1.82, 2.24) is 19.9 Å². The Morgan fingerprint density at radius 2 is 1.33 bits per heavy atom. The van der Waals surface area contributed by atoms with Crippen molar-refractivity contribution in [3.63, 3.8) is 0 Å². The van der Waals surface area contributed by atoms with E-state index in [9.17, 15) is 0 Å². The summed E-state index contributed by atoms with van der Waals surface area (Å²) in [5.74, 6) is 1.99. The zero-order valence-corrected chi connectivity index (χ0v) is 27.5. The van der Waals surface area contributed by atoms with E-state index in [1.54, 1.807) is 18.2 Å². The fourth-order valence-corrected chi connectivity index (χ4v) is 5.39. The zero-order valence-electron chi connectivity index (χ0n) is 33.5. The predicted octanol–water partition coefficient (Wildman–Crippen LogP) is 10.7. The molecule has 3 aromatic carbocycles. The Hall–Kier alpha value is -4.38. The monoisotopic (exact) mass is 602 g/mol. The average Bonchev–Trinajstić information content (AvgIpc) is 3.40. The Bertz CT molecular complexity index is 2270. The smallest absolute Gasteiger partial charge is 0.163 e. The topological polar surface area (TPSA) is 64.7 Å². The lowest BCUT2D eigenvalue weighted by atomic mass is 9.84. The van der Waals surface area contributed by atoms with Crippen LogP contribution in [0.15, 0.2) is 71.3 Å². The first-order valence-corrected chi connectivity index (χ1v) is 15.3. The van der Waals surface area contributed by atoms with E-state index in [-0.39, 0.29) is 27.4 Å². The third kappa shape index (κ3) is 5.77. The molecule has 6 aromatic rings. The van der Waals surface area contributed by atoms with Crippen LogP contribution in [0.2, 0.25) is 0 Å². The predicted molar refractivity (Wildman–Crippen MR) is 187 cm³/mol. The molecule has 0 bridgehead atoms. The molecule has 0 spiro atoms. The summed E-state index contributed by atoms with van der Waals surface area (Å²) in [6, 6.07) is 18.6.